The van der Waals surface area contributed by atoms with E-state index in [0.29, 0.717) is 10.3 Å². The average Bonchev–Trinajstić information content (AvgIpc) is 2.04. The molecular weight excluding hydrogens is 238 g/mol. The van der Waals surface area contributed by atoms with Crippen LogP contribution in [0.4, 0.5) is 0 Å². The molecule has 0 aliphatic rings. The zero-order chi connectivity index (χ0) is 9.84. The van der Waals surface area contributed by atoms with Crippen molar-refractivity contribution < 1.29 is 14.7 Å². The van der Waals surface area contributed by atoms with E-state index in [2.05, 4.69) is 20.9 Å². The van der Waals surface area contributed by atoms with Gasteiger partial charge in [-0.05, 0) is 28.1 Å². The fourth-order valence-electron chi connectivity index (χ4n) is 0.789. The van der Waals surface area contributed by atoms with Crippen molar-refractivity contribution in [1.29, 1.82) is 0 Å². The van der Waals surface area contributed by atoms with Crippen LogP contribution in [0.15, 0.2) is 22.8 Å². The molecule has 0 spiro atoms. The van der Waals surface area contributed by atoms with Crippen LogP contribution in [0.25, 0.3) is 0 Å². The van der Waals surface area contributed by atoms with Crippen molar-refractivity contribution in [3.8, 4) is 0 Å². The fraction of sp³-hybridized carbons (Fsp3) is 0.125. The number of ketones is 1. The third kappa shape index (κ3) is 2.95. The maximum atomic E-state index is 10.8. The quantitative estimate of drug-likeness (QED) is 0.637. The van der Waals surface area contributed by atoms with Crippen LogP contribution in [0.2, 0.25) is 0 Å². The van der Waals surface area contributed by atoms with Crippen LogP contribution in [0.1, 0.15) is 5.69 Å². The van der Waals surface area contributed by atoms with Crippen molar-refractivity contribution in [3.05, 3.63) is 28.5 Å². The topological polar surface area (TPSA) is 67.3 Å². The van der Waals surface area contributed by atoms with Gasteiger partial charge < -0.3 is 5.11 Å². The second-order valence-electron chi connectivity index (χ2n) is 2.36. The first-order valence-electron chi connectivity index (χ1n) is 3.47. The molecule has 0 fully saturated rings. The average molecular weight is 244 g/mol. The van der Waals surface area contributed by atoms with Gasteiger partial charge in [-0.2, -0.15) is 0 Å². The molecule has 0 unspecified atom stereocenters. The Morgan fingerprint density at radius 1 is 1.46 bits per heavy atom. The molecule has 1 N–H and O–H groups in total. The number of carboxylic acids is 1. The van der Waals surface area contributed by atoms with Gasteiger partial charge in [-0.1, -0.05) is 6.07 Å². The van der Waals surface area contributed by atoms with Crippen LogP contribution in [-0.2, 0) is 16.0 Å². The van der Waals surface area contributed by atoms with E-state index in [-0.39, 0.29) is 6.42 Å². The molecule has 0 saturated carbocycles. The fourth-order valence-corrected chi connectivity index (χ4v) is 1.17. The number of Topliss-reactive ketones (excluding diaryl/α,β-unsaturated/α-hetero) is 1. The van der Waals surface area contributed by atoms with Gasteiger partial charge in [0.1, 0.15) is 4.60 Å². The zero-order valence-corrected chi connectivity index (χ0v) is 8.11. The summed E-state index contributed by atoms with van der Waals surface area (Å²) in [5.74, 6) is -2.28. The molecule has 0 atom stereocenters. The molecule has 0 aliphatic heterocycles. The van der Waals surface area contributed by atoms with E-state index in [4.69, 9.17) is 5.11 Å². The SMILES string of the molecule is O=C(O)C(=O)Cc1cccc(Br)n1. The van der Waals surface area contributed by atoms with Crippen LogP contribution < -0.4 is 0 Å². The van der Waals surface area contributed by atoms with Crippen LogP contribution in [0, 0.1) is 0 Å². The van der Waals surface area contributed by atoms with Crippen LogP contribution in [-0.4, -0.2) is 21.8 Å². The lowest BCUT2D eigenvalue weighted by Gasteiger charge is -1.96. The van der Waals surface area contributed by atoms with E-state index < -0.39 is 11.8 Å². The van der Waals surface area contributed by atoms with Gasteiger partial charge in [0.25, 0.3) is 0 Å². The monoisotopic (exact) mass is 243 g/mol. The minimum absolute atomic E-state index is 0.172. The molecule has 0 aromatic carbocycles. The lowest BCUT2D eigenvalue weighted by molar-refractivity contribution is -0.148. The summed E-state index contributed by atoms with van der Waals surface area (Å²) in [6, 6.07) is 5.00. The van der Waals surface area contributed by atoms with Crippen molar-refractivity contribution in [2.24, 2.45) is 0 Å². The van der Waals surface area contributed by atoms with Crippen molar-refractivity contribution in [3.63, 3.8) is 0 Å². The predicted octanol–water partition coefficient (Wildman–Crippen LogP) is 1.04. The summed E-state index contributed by atoms with van der Waals surface area (Å²) < 4.78 is 0.586. The zero-order valence-electron chi connectivity index (χ0n) is 6.53. The van der Waals surface area contributed by atoms with Crippen LogP contribution in [0.3, 0.4) is 0 Å². The molecule has 0 radical (unpaired) electrons. The number of carbonyl (C=O) groups excluding carboxylic acids is 1. The number of hydrogen-bond donors (Lipinski definition) is 1. The minimum Gasteiger partial charge on any atom is -0.475 e. The maximum absolute atomic E-state index is 10.8. The Hall–Kier alpha value is -1.23. The lowest BCUT2D eigenvalue weighted by atomic mass is 10.2. The largest absolute Gasteiger partial charge is 0.475 e. The summed E-state index contributed by atoms with van der Waals surface area (Å²) in [6.45, 7) is 0. The van der Waals surface area contributed by atoms with Gasteiger partial charge in [0.2, 0.25) is 5.78 Å². The maximum Gasteiger partial charge on any atom is 0.372 e. The van der Waals surface area contributed by atoms with E-state index >= 15 is 0 Å². The van der Waals surface area contributed by atoms with Gasteiger partial charge in [0, 0.05) is 5.69 Å². The molecule has 68 valence electrons. The van der Waals surface area contributed by atoms with Crippen molar-refractivity contribution in [2.45, 2.75) is 6.42 Å². The Balaban J connectivity index is 2.75. The number of aliphatic carboxylic acids is 1. The molecule has 1 rings (SSSR count). The highest BCUT2D eigenvalue weighted by Gasteiger charge is 2.12. The summed E-state index contributed by atoms with van der Waals surface area (Å²) in [5.41, 5.74) is 0.446. The number of halogens is 1. The molecule has 1 aromatic heterocycles. The van der Waals surface area contributed by atoms with Gasteiger partial charge in [-0.15, -0.1) is 0 Å². The van der Waals surface area contributed by atoms with Gasteiger partial charge in [-0.3, -0.25) is 4.79 Å². The standard InChI is InChI=1S/C8H6BrNO3/c9-7-3-1-2-5(10-7)4-6(11)8(12)13/h1-3H,4H2,(H,12,13). The first kappa shape index (κ1) is 9.85. The molecule has 0 bridgehead atoms. The predicted molar refractivity (Wildman–Crippen MR) is 48.3 cm³/mol. The van der Waals surface area contributed by atoms with E-state index in [0.717, 1.165) is 0 Å². The summed E-state index contributed by atoms with van der Waals surface area (Å²) >= 11 is 3.12. The molecule has 0 saturated heterocycles. The number of carbonyl (C=O) groups is 2. The normalized spacial score (nSPS) is 9.62. The number of pyridine rings is 1. The van der Waals surface area contributed by atoms with Gasteiger partial charge in [0.05, 0.1) is 6.42 Å². The Bertz CT molecular complexity index is 351. The molecule has 1 aromatic rings. The summed E-state index contributed by atoms with van der Waals surface area (Å²) in [6.07, 6.45) is -0.172. The third-order valence-electron chi connectivity index (χ3n) is 1.35. The molecule has 5 heteroatoms. The molecule has 0 aliphatic carbocycles. The molecule has 0 amide bonds. The van der Waals surface area contributed by atoms with E-state index in [1.807, 2.05) is 0 Å². The van der Waals surface area contributed by atoms with Crippen molar-refractivity contribution in [1.82, 2.24) is 4.98 Å². The Morgan fingerprint density at radius 3 is 2.69 bits per heavy atom. The van der Waals surface area contributed by atoms with Gasteiger partial charge >= 0.3 is 5.97 Å². The van der Waals surface area contributed by atoms with Crippen molar-refractivity contribution >= 4 is 27.7 Å². The van der Waals surface area contributed by atoms with E-state index in [1.165, 1.54) is 0 Å². The molecule has 4 nitrogen and oxygen atoms in total. The summed E-state index contributed by atoms with van der Waals surface area (Å²) in [5, 5.41) is 8.32. The van der Waals surface area contributed by atoms with Crippen LogP contribution >= 0.6 is 15.9 Å². The first-order chi connectivity index (χ1) is 6.09. The molecular formula is C8H6BrNO3. The number of carboxylic acid groups (broad SMARTS) is 1. The number of aromatic nitrogens is 1. The minimum atomic E-state index is -1.43. The first-order valence-corrected chi connectivity index (χ1v) is 4.26. The van der Waals surface area contributed by atoms with E-state index in [1.54, 1.807) is 18.2 Å². The Kier molecular flexibility index (Phi) is 3.13. The number of rotatable bonds is 3. The number of hydrogen-bond acceptors (Lipinski definition) is 3. The van der Waals surface area contributed by atoms with E-state index in [9.17, 15) is 9.59 Å². The van der Waals surface area contributed by atoms with Gasteiger partial charge in [-0.25, -0.2) is 9.78 Å². The highest BCUT2D eigenvalue weighted by molar-refractivity contribution is 9.10. The Labute approximate surface area is 82.7 Å². The third-order valence-corrected chi connectivity index (χ3v) is 1.79. The smallest absolute Gasteiger partial charge is 0.372 e. The lowest BCUT2D eigenvalue weighted by Crippen LogP contribution is -2.15. The second kappa shape index (κ2) is 4.13. The summed E-state index contributed by atoms with van der Waals surface area (Å²) in [4.78, 5) is 24.9. The van der Waals surface area contributed by atoms with Crippen LogP contribution in [0.5, 0.6) is 0 Å². The number of nitrogens with zero attached hydrogens (tertiary/aromatic N) is 1. The summed E-state index contributed by atoms with van der Waals surface area (Å²) in [7, 11) is 0. The van der Waals surface area contributed by atoms with Crippen molar-refractivity contribution in [2.75, 3.05) is 0 Å². The Morgan fingerprint density at radius 2 is 2.15 bits per heavy atom. The van der Waals surface area contributed by atoms with Gasteiger partial charge in [0.15, 0.2) is 0 Å². The molecule has 1 heterocycles. The highest BCUT2D eigenvalue weighted by Crippen LogP contribution is 2.06. The second-order valence-corrected chi connectivity index (χ2v) is 3.17. The molecule has 13 heavy (non-hydrogen) atoms. The highest BCUT2D eigenvalue weighted by atomic mass is 79.9.